The molecule has 0 radical (unpaired) electrons. The van der Waals surface area contributed by atoms with Gasteiger partial charge in [0.05, 0.1) is 11.1 Å². The van der Waals surface area contributed by atoms with E-state index in [9.17, 15) is 14.9 Å². The molecule has 24 heavy (non-hydrogen) atoms. The van der Waals surface area contributed by atoms with Crippen LogP contribution < -0.4 is 5.32 Å². The molecule has 0 unspecified atom stereocenters. The van der Waals surface area contributed by atoms with Gasteiger partial charge in [-0.15, -0.1) is 5.10 Å². The zero-order valence-electron chi connectivity index (χ0n) is 12.5. The molecular formula is C14H12N6O4. The van der Waals surface area contributed by atoms with Gasteiger partial charge in [0.25, 0.3) is 5.69 Å². The van der Waals surface area contributed by atoms with E-state index in [1.807, 2.05) is 0 Å². The molecule has 0 saturated heterocycles. The number of carbonyl (C=O) groups is 1. The zero-order valence-corrected chi connectivity index (χ0v) is 12.5. The number of nitro benzene ring substituents is 1. The monoisotopic (exact) mass is 328 g/mol. The number of hydrogen-bond donors (Lipinski definition) is 1. The van der Waals surface area contributed by atoms with E-state index < -0.39 is 4.92 Å². The molecule has 1 aromatic carbocycles. The van der Waals surface area contributed by atoms with Gasteiger partial charge in [-0.2, -0.15) is 0 Å². The number of amides is 1. The molecule has 10 heteroatoms. The van der Waals surface area contributed by atoms with Crippen molar-refractivity contribution in [2.24, 2.45) is 0 Å². The smallest absolute Gasteiger partial charge is 0.269 e. The van der Waals surface area contributed by atoms with E-state index in [1.165, 1.54) is 16.8 Å². The van der Waals surface area contributed by atoms with E-state index in [2.05, 4.69) is 20.8 Å². The summed E-state index contributed by atoms with van der Waals surface area (Å²) in [4.78, 5) is 22.1. The molecule has 0 aliphatic carbocycles. The average Bonchev–Trinajstić information content (AvgIpc) is 3.16. The summed E-state index contributed by atoms with van der Waals surface area (Å²) in [6.45, 7) is 1.67. The Morgan fingerprint density at radius 3 is 2.75 bits per heavy atom. The van der Waals surface area contributed by atoms with Crippen molar-refractivity contribution < 1.29 is 14.2 Å². The number of anilines is 1. The van der Waals surface area contributed by atoms with Gasteiger partial charge in [0.15, 0.2) is 5.82 Å². The van der Waals surface area contributed by atoms with Gasteiger partial charge in [0, 0.05) is 23.8 Å². The van der Waals surface area contributed by atoms with Gasteiger partial charge in [-0.05, 0) is 19.1 Å². The van der Waals surface area contributed by atoms with Crippen LogP contribution in [0.3, 0.4) is 0 Å². The van der Waals surface area contributed by atoms with Crippen molar-refractivity contribution in [1.29, 1.82) is 0 Å². The summed E-state index contributed by atoms with van der Waals surface area (Å²) >= 11 is 0. The molecule has 0 atom stereocenters. The highest BCUT2D eigenvalue weighted by atomic mass is 16.6. The Morgan fingerprint density at radius 1 is 1.38 bits per heavy atom. The number of benzene rings is 1. The summed E-state index contributed by atoms with van der Waals surface area (Å²) in [7, 11) is 0. The van der Waals surface area contributed by atoms with Crippen molar-refractivity contribution in [2.75, 3.05) is 5.32 Å². The molecule has 0 fully saturated rings. The molecule has 10 nitrogen and oxygen atoms in total. The lowest BCUT2D eigenvalue weighted by Gasteiger charge is -2.00. The molecule has 0 aliphatic rings. The van der Waals surface area contributed by atoms with Gasteiger partial charge in [-0.3, -0.25) is 14.9 Å². The average molecular weight is 328 g/mol. The topological polar surface area (TPSA) is 129 Å². The number of rotatable bonds is 5. The van der Waals surface area contributed by atoms with Crippen molar-refractivity contribution in [3.63, 3.8) is 0 Å². The second kappa shape index (κ2) is 6.28. The lowest BCUT2D eigenvalue weighted by molar-refractivity contribution is -0.384. The Bertz CT molecular complexity index is 883. The molecule has 0 saturated carbocycles. The molecular weight excluding hydrogens is 316 g/mol. The maximum Gasteiger partial charge on any atom is 0.269 e. The summed E-state index contributed by atoms with van der Waals surface area (Å²) in [6, 6.07) is 7.51. The van der Waals surface area contributed by atoms with Crippen LogP contribution in [-0.2, 0) is 11.3 Å². The number of nitro groups is 1. The van der Waals surface area contributed by atoms with Gasteiger partial charge in [-0.1, -0.05) is 10.4 Å². The summed E-state index contributed by atoms with van der Waals surface area (Å²) < 4.78 is 6.22. The van der Waals surface area contributed by atoms with E-state index in [0.717, 1.165) is 0 Å². The third-order valence-corrected chi connectivity index (χ3v) is 3.11. The van der Waals surface area contributed by atoms with Crippen LogP contribution >= 0.6 is 0 Å². The first-order valence-corrected chi connectivity index (χ1v) is 6.89. The maximum atomic E-state index is 11.9. The van der Waals surface area contributed by atoms with E-state index in [-0.39, 0.29) is 18.1 Å². The van der Waals surface area contributed by atoms with E-state index in [0.29, 0.717) is 22.8 Å². The SMILES string of the molecule is Cc1cc(NC(=O)Cn2cc(-c3ccc([N+](=O)[O-])cc3)nn2)no1. The first-order chi connectivity index (χ1) is 11.5. The number of hydrogen-bond acceptors (Lipinski definition) is 7. The molecule has 1 N–H and O–H groups in total. The number of aryl methyl sites for hydroxylation is 1. The van der Waals surface area contributed by atoms with Gasteiger partial charge in [0.2, 0.25) is 5.91 Å². The predicted molar refractivity (Wildman–Crippen MR) is 82.0 cm³/mol. The second-order valence-electron chi connectivity index (χ2n) is 4.98. The quantitative estimate of drug-likeness (QED) is 0.558. The largest absolute Gasteiger partial charge is 0.360 e. The van der Waals surface area contributed by atoms with Crippen LogP contribution in [0.15, 0.2) is 41.1 Å². The number of nitrogens with one attached hydrogen (secondary N) is 1. The van der Waals surface area contributed by atoms with Crippen molar-refractivity contribution in [2.45, 2.75) is 13.5 Å². The van der Waals surface area contributed by atoms with Gasteiger partial charge >= 0.3 is 0 Å². The molecule has 0 spiro atoms. The van der Waals surface area contributed by atoms with Crippen LogP contribution in [-0.4, -0.2) is 31.0 Å². The lowest BCUT2D eigenvalue weighted by Crippen LogP contribution is -2.19. The first-order valence-electron chi connectivity index (χ1n) is 6.89. The first kappa shape index (κ1) is 15.3. The van der Waals surface area contributed by atoms with Crippen LogP contribution in [0, 0.1) is 17.0 Å². The minimum atomic E-state index is -0.476. The molecule has 3 aromatic rings. The number of nitrogens with zero attached hydrogens (tertiary/aromatic N) is 5. The summed E-state index contributed by atoms with van der Waals surface area (Å²) in [6.07, 6.45) is 1.58. The molecule has 2 heterocycles. The standard InChI is InChI=1S/C14H12N6O4/c1-9-6-13(17-24-9)15-14(21)8-19-7-12(16-18-19)10-2-4-11(5-3-10)20(22)23/h2-7H,8H2,1H3,(H,15,17,21). The third kappa shape index (κ3) is 3.43. The fourth-order valence-electron chi connectivity index (χ4n) is 2.02. The van der Waals surface area contributed by atoms with Crippen molar-refractivity contribution in [3.05, 3.63) is 52.4 Å². The third-order valence-electron chi connectivity index (χ3n) is 3.11. The van der Waals surface area contributed by atoms with Crippen molar-refractivity contribution in [3.8, 4) is 11.3 Å². The lowest BCUT2D eigenvalue weighted by atomic mass is 10.1. The minimum absolute atomic E-state index is 0.00609. The van der Waals surface area contributed by atoms with Gasteiger partial charge < -0.3 is 9.84 Å². The number of aromatic nitrogens is 4. The predicted octanol–water partition coefficient (Wildman–Crippen LogP) is 1.79. The number of carbonyl (C=O) groups excluding carboxylic acids is 1. The minimum Gasteiger partial charge on any atom is -0.360 e. The summed E-state index contributed by atoms with van der Waals surface area (Å²) in [5.74, 6) is 0.586. The second-order valence-corrected chi connectivity index (χ2v) is 4.98. The summed E-state index contributed by atoms with van der Waals surface area (Å²) in [5.41, 5.74) is 1.17. The normalized spacial score (nSPS) is 10.5. The molecule has 122 valence electrons. The Morgan fingerprint density at radius 2 is 2.12 bits per heavy atom. The molecule has 1 amide bonds. The highest BCUT2D eigenvalue weighted by Crippen LogP contribution is 2.20. The fraction of sp³-hybridized carbons (Fsp3) is 0.143. The zero-order chi connectivity index (χ0) is 17.1. The van der Waals surface area contributed by atoms with Crippen LogP contribution in [0.5, 0.6) is 0 Å². The molecule has 0 bridgehead atoms. The highest BCUT2D eigenvalue weighted by molar-refractivity contribution is 5.89. The fourth-order valence-corrected chi connectivity index (χ4v) is 2.02. The molecule has 2 aromatic heterocycles. The van der Waals surface area contributed by atoms with Gasteiger partial charge in [-0.25, -0.2) is 4.68 Å². The van der Waals surface area contributed by atoms with Crippen LogP contribution in [0.25, 0.3) is 11.3 Å². The Labute approximate surface area is 135 Å². The van der Waals surface area contributed by atoms with Crippen molar-refractivity contribution >= 4 is 17.4 Å². The van der Waals surface area contributed by atoms with Crippen LogP contribution in [0.4, 0.5) is 11.5 Å². The molecule has 3 rings (SSSR count). The molecule has 0 aliphatic heterocycles. The highest BCUT2D eigenvalue weighted by Gasteiger charge is 2.11. The van der Waals surface area contributed by atoms with E-state index in [1.54, 1.807) is 31.3 Å². The van der Waals surface area contributed by atoms with Crippen LogP contribution in [0.1, 0.15) is 5.76 Å². The Hall–Kier alpha value is -3.56. The van der Waals surface area contributed by atoms with E-state index >= 15 is 0 Å². The van der Waals surface area contributed by atoms with Crippen LogP contribution in [0.2, 0.25) is 0 Å². The Balaban J connectivity index is 1.66. The number of non-ortho nitro benzene ring substituents is 1. The van der Waals surface area contributed by atoms with Crippen molar-refractivity contribution in [1.82, 2.24) is 20.2 Å². The van der Waals surface area contributed by atoms with Gasteiger partial charge in [0.1, 0.15) is 18.0 Å². The summed E-state index contributed by atoms with van der Waals surface area (Å²) in [5, 5.41) is 24.7. The maximum absolute atomic E-state index is 11.9. The Kier molecular flexibility index (Phi) is 4.01. The van der Waals surface area contributed by atoms with E-state index in [4.69, 9.17) is 4.52 Å².